The summed E-state index contributed by atoms with van der Waals surface area (Å²) in [6.07, 6.45) is 5.16. The lowest BCUT2D eigenvalue weighted by Gasteiger charge is -2.34. The van der Waals surface area contributed by atoms with Crippen molar-refractivity contribution in [3.63, 3.8) is 0 Å². The van der Waals surface area contributed by atoms with Crippen LogP contribution in [0.2, 0.25) is 0 Å². The standard InChI is InChI=1S/C15H25N3O2/c1-10-5-4-6-13(7-10)18(3)9-12-8-14(15(19)17-16)20-11(12)2/h8,10,13H,4-7,9,16H2,1-3H3,(H,17,19). The number of carbonyl (C=O) groups excluding carboxylic acids is 1. The molecule has 1 saturated carbocycles. The zero-order valence-corrected chi connectivity index (χ0v) is 12.6. The highest BCUT2D eigenvalue weighted by Crippen LogP contribution is 2.28. The molecule has 1 aromatic rings. The third kappa shape index (κ3) is 3.41. The average molecular weight is 279 g/mol. The Kier molecular flexibility index (Phi) is 4.83. The van der Waals surface area contributed by atoms with E-state index in [1.54, 1.807) is 6.07 Å². The molecule has 5 heteroatoms. The van der Waals surface area contributed by atoms with Crippen LogP contribution in [0.3, 0.4) is 0 Å². The smallest absolute Gasteiger partial charge is 0.300 e. The van der Waals surface area contributed by atoms with E-state index in [0.29, 0.717) is 6.04 Å². The summed E-state index contributed by atoms with van der Waals surface area (Å²) in [7, 11) is 2.15. The summed E-state index contributed by atoms with van der Waals surface area (Å²) in [5.41, 5.74) is 3.16. The Balaban J connectivity index is 2.02. The summed E-state index contributed by atoms with van der Waals surface area (Å²) in [5, 5.41) is 0. The fourth-order valence-corrected chi connectivity index (χ4v) is 3.06. The number of nitrogens with two attached hydrogens (primary N) is 1. The first-order valence-electron chi connectivity index (χ1n) is 7.31. The van der Waals surface area contributed by atoms with Crippen molar-refractivity contribution in [2.75, 3.05) is 7.05 Å². The van der Waals surface area contributed by atoms with Crippen LogP contribution in [0.1, 0.15) is 54.5 Å². The fraction of sp³-hybridized carbons (Fsp3) is 0.667. The van der Waals surface area contributed by atoms with Gasteiger partial charge in [-0.05, 0) is 38.8 Å². The van der Waals surface area contributed by atoms with Crippen LogP contribution in [0.25, 0.3) is 0 Å². The monoisotopic (exact) mass is 279 g/mol. The van der Waals surface area contributed by atoms with Crippen molar-refractivity contribution in [1.29, 1.82) is 0 Å². The molecule has 0 aromatic carbocycles. The highest BCUT2D eigenvalue weighted by Gasteiger charge is 2.23. The van der Waals surface area contributed by atoms with Crippen LogP contribution in [-0.4, -0.2) is 23.9 Å². The predicted molar refractivity (Wildman–Crippen MR) is 78.0 cm³/mol. The number of aryl methyl sites for hydroxylation is 1. The van der Waals surface area contributed by atoms with Gasteiger partial charge in [-0.2, -0.15) is 0 Å². The molecule has 112 valence electrons. The molecule has 1 aromatic heterocycles. The molecule has 20 heavy (non-hydrogen) atoms. The first-order chi connectivity index (χ1) is 9.51. The van der Waals surface area contributed by atoms with E-state index in [0.717, 1.165) is 23.8 Å². The maximum Gasteiger partial charge on any atom is 0.300 e. The van der Waals surface area contributed by atoms with Gasteiger partial charge in [0.25, 0.3) is 0 Å². The molecule has 0 spiro atoms. The lowest BCUT2D eigenvalue weighted by Crippen LogP contribution is -2.35. The second kappa shape index (κ2) is 6.41. The van der Waals surface area contributed by atoms with Crippen LogP contribution in [0.5, 0.6) is 0 Å². The maximum atomic E-state index is 11.5. The van der Waals surface area contributed by atoms with Gasteiger partial charge in [0, 0.05) is 18.2 Å². The number of hydrogen-bond acceptors (Lipinski definition) is 4. The molecule has 1 aliphatic rings. The quantitative estimate of drug-likeness (QED) is 0.503. The topological polar surface area (TPSA) is 71.5 Å². The van der Waals surface area contributed by atoms with Gasteiger partial charge < -0.3 is 4.42 Å². The molecule has 0 saturated heterocycles. The van der Waals surface area contributed by atoms with Gasteiger partial charge in [0.1, 0.15) is 5.76 Å². The molecule has 5 nitrogen and oxygen atoms in total. The van der Waals surface area contributed by atoms with Crippen LogP contribution in [0, 0.1) is 12.8 Å². The van der Waals surface area contributed by atoms with Crippen molar-refractivity contribution in [2.45, 2.75) is 52.1 Å². The van der Waals surface area contributed by atoms with Crippen molar-refractivity contribution in [2.24, 2.45) is 11.8 Å². The largest absolute Gasteiger partial charge is 0.456 e. The predicted octanol–water partition coefficient (Wildman–Crippen LogP) is 2.20. The zero-order chi connectivity index (χ0) is 14.7. The van der Waals surface area contributed by atoms with Gasteiger partial charge in [0.05, 0.1) is 0 Å². The van der Waals surface area contributed by atoms with Crippen molar-refractivity contribution in [3.05, 3.63) is 23.2 Å². The SMILES string of the molecule is Cc1oc(C(=O)NN)cc1CN(C)C1CCCC(C)C1. The minimum absolute atomic E-state index is 0.283. The second-order valence-corrected chi connectivity index (χ2v) is 6.01. The highest BCUT2D eigenvalue weighted by molar-refractivity contribution is 5.91. The maximum absolute atomic E-state index is 11.5. The normalized spacial score (nSPS) is 23.1. The van der Waals surface area contributed by atoms with Crippen molar-refractivity contribution in [1.82, 2.24) is 10.3 Å². The van der Waals surface area contributed by atoms with Gasteiger partial charge in [-0.3, -0.25) is 15.1 Å². The Morgan fingerprint density at radius 2 is 2.30 bits per heavy atom. The van der Waals surface area contributed by atoms with E-state index in [-0.39, 0.29) is 11.7 Å². The van der Waals surface area contributed by atoms with E-state index >= 15 is 0 Å². The molecule has 2 atom stereocenters. The molecule has 0 bridgehead atoms. The molecule has 2 rings (SSSR count). The van der Waals surface area contributed by atoms with E-state index in [9.17, 15) is 4.79 Å². The van der Waals surface area contributed by atoms with E-state index in [2.05, 4.69) is 24.3 Å². The van der Waals surface area contributed by atoms with Gasteiger partial charge >= 0.3 is 5.91 Å². The van der Waals surface area contributed by atoms with Gasteiger partial charge in [-0.15, -0.1) is 0 Å². The van der Waals surface area contributed by atoms with Gasteiger partial charge in [0.2, 0.25) is 0 Å². The number of furan rings is 1. The van der Waals surface area contributed by atoms with Crippen molar-refractivity contribution < 1.29 is 9.21 Å². The fourth-order valence-electron chi connectivity index (χ4n) is 3.06. The number of nitrogen functional groups attached to an aromatic ring is 1. The Labute approximate surface area is 120 Å². The van der Waals surface area contributed by atoms with Crippen LogP contribution in [0.4, 0.5) is 0 Å². The van der Waals surface area contributed by atoms with Crippen molar-refractivity contribution in [3.8, 4) is 0 Å². The van der Waals surface area contributed by atoms with Gasteiger partial charge in [0.15, 0.2) is 5.76 Å². The van der Waals surface area contributed by atoms with Crippen LogP contribution in [0.15, 0.2) is 10.5 Å². The molecule has 3 N–H and O–H groups in total. The number of hydrogen-bond donors (Lipinski definition) is 2. The molecular formula is C15H25N3O2. The summed E-state index contributed by atoms with van der Waals surface area (Å²) in [6, 6.07) is 2.42. The molecule has 0 aliphatic heterocycles. The summed E-state index contributed by atoms with van der Waals surface area (Å²) in [6.45, 7) is 5.03. The van der Waals surface area contributed by atoms with Crippen LogP contribution in [-0.2, 0) is 6.54 Å². The lowest BCUT2D eigenvalue weighted by atomic mass is 9.86. The van der Waals surface area contributed by atoms with E-state index in [1.807, 2.05) is 6.92 Å². The number of rotatable bonds is 4. The summed E-state index contributed by atoms with van der Waals surface area (Å²) >= 11 is 0. The summed E-state index contributed by atoms with van der Waals surface area (Å²) in [4.78, 5) is 13.8. The molecule has 1 heterocycles. The third-order valence-corrected chi connectivity index (χ3v) is 4.33. The van der Waals surface area contributed by atoms with Crippen LogP contribution < -0.4 is 11.3 Å². The molecule has 0 radical (unpaired) electrons. The van der Waals surface area contributed by atoms with E-state index < -0.39 is 0 Å². The molecule has 1 aliphatic carbocycles. The first kappa shape index (κ1) is 15.1. The van der Waals surface area contributed by atoms with Gasteiger partial charge in [-0.25, -0.2) is 5.84 Å². The van der Waals surface area contributed by atoms with E-state index in [1.165, 1.54) is 25.7 Å². The molecule has 1 fully saturated rings. The summed E-state index contributed by atoms with van der Waals surface area (Å²) in [5.74, 6) is 6.63. The first-order valence-corrected chi connectivity index (χ1v) is 7.31. The lowest BCUT2D eigenvalue weighted by molar-refractivity contribution is 0.0924. The number of nitrogens with one attached hydrogen (secondary N) is 1. The second-order valence-electron chi connectivity index (χ2n) is 6.01. The minimum atomic E-state index is -0.381. The number of amides is 1. The third-order valence-electron chi connectivity index (χ3n) is 4.33. The average Bonchev–Trinajstić information content (AvgIpc) is 2.79. The van der Waals surface area contributed by atoms with E-state index in [4.69, 9.17) is 10.3 Å². The van der Waals surface area contributed by atoms with Gasteiger partial charge in [-0.1, -0.05) is 19.8 Å². The molecule has 2 unspecified atom stereocenters. The summed E-state index contributed by atoms with van der Waals surface area (Å²) < 4.78 is 5.46. The Hall–Kier alpha value is -1.33. The number of nitrogens with zero attached hydrogens (tertiary/aromatic N) is 1. The molecular weight excluding hydrogens is 254 g/mol. The Morgan fingerprint density at radius 3 is 2.95 bits per heavy atom. The van der Waals surface area contributed by atoms with Crippen LogP contribution >= 0.6 is 0 Å². The Bertz CT molecular complexity index is 470. The number of carbonyl (C=O) groups is 1. The molecule has 1 amide bonds. The number of hydrazine groups is 1. The zero-order valence-electron chi connectivity index (χ0n) is 12.6. The highest BCUT2D eigenvalue weighted by atomic mass is 16.4. The minimum Gasteiger partial charge on any atom is -0.456 e. The van der Waals surface area contributed by atoms with Crippen molar-refractivity contribution >= 4 is 5.91 Å². The Morgan fingerprint density at radius 1 is 1.55 bits per heavy atom.